The minimum atomic E-state index is -0.443. The maximum atomic E-state index is 10.9. The largest absolute Gasteiger partial charge is 0.484 e. The minimum Gasteiger partial charge on any atom is -0.484 e. The van der Waals surface area contributed by atoms with Gasteiger partial charge >= 0.3 is 5.69 Å². The van der Waals surface area contributed by atoms with Gasteiger partial charge in [-0.1, -0.05) is 0 Å². The summed E-state index contributed by atoms with van der Waals surface area (Å²) >= 11 is 0. The third-order valence-corrected chi connectivity index (χ3v) is 2.23. The Bertz CT molecular complexity index is 408. The van der Waals surface area contributed by atoms with Crippen LogP contribution in [0.4, 0.5) is 11.4 Å². The second-order valence-corrected chi connectivity index (χ2v) is 4.18. The van der Waals surface area contributed by atoms with Crippen molar-refractivity contribution in [1.82, 2.24) is 0 Å². The summed E-state index contributed by atoms with van der Waals surface area (Å²) in [6.07, 6.45) is 0.736. The normalized spacial score (nSPS) is 10.4. The zero-order valence-electron chi connectivity index (χ0n) is 10.7. The van der Waals surface area contributed by atoms with Crippen LogP contribution in [0.2, 0.25) is 0 Å². The number of nitro benzene ring substituents is 1. The fourth-order valence-corrected chi connectivity index (χ4v) is 1.46. The van der Waals surface area contributed by atoms with E-state index in [0.29, 0.717) is 6.54 Å². The summed E-state index contributed by atoms with van der Waals surface area (Å²) in [7, 11) is 0. The van der Waals surface area contributed by atoms with E-state index in [1.54, 1.807) is 12.1 Å². The van der Waals surface area contributed by atoms with E-state index < -0.39 is 4.92 Å². The van der Waals surface area contributed by atoms with E-state index in [-0.39, 0.29) is 17.5 Å². The second kappa shape index (κ2) is 6.80. The smallest absolute Gasteiger partial charge is 0.311 e. The molecular formula is C12H19N3O3. The summed E-state index contributed by atoms with van der Waals surface area (Å²) in [5, 5.41) is 14.0. The van der Waals surface area contributed by atoms with Crippen molar-refractivity contribution in [2.75, 3.05) is 18.4 Å². The standard InChI is InChI=1S/C12H19N3O3/c1-9(2)18-12-8-10(14-7-3-6-13)4-5-11(12)15(16)17/h4-5,8-9,14H,3,6-7,13H2,1-2H3. The SMILES string of the molecule is CC(C)Oc1cc(NCCCN)ccc1[N+](=O)[O-]. The highest BCUT2D eigenvalue weighted by atomic mass is 16.6. The van der Waals surface area contributed by atoms with Gasteiger partial charge in [-0.25, -0.2) is 0 Å². The summed E-state index contributed by atoms with van der Waals surface area (Å²) in [6, 6.07) is 4.76. The van der Waals surface area contributed by atoms with Crippen LogP contribution in [0.5, 0.6) is 5.75 Å². The number of ether oxygens (including phenoxy) is 1. The summed E-state index contributed by atoms with van der Waals surface area (Å²) < 4.78 is 5.45. The average molecular weight is 253 g/mol. The zero-order valence-corrected chi connectivity index (χ0v) is 10.7. The zero-order chi connectivity index (χ0) is 13.5. The first kappa shape index (κ1) is 14.2. The molecule has 0 spiro atoms. The first-order valence-corrected chi connectivity index (χ1v) is 5.93. The van der Waals surface area contributed by atoms with Crippen LogP contribution >= 0.6 is 0 Å². The third-order valence-electron chi connectivity index (χ3n) is 2.23. The molecule has 6 heteroatoms. The Hall–Kier alpha value is -1.82. The van der Waals surface area contributed by atoms with Gasteiger partial charge in [-0.05, 0) is 32.9 Å². The van der Waals surface area contributed by atoms with Gasteiger partial charge in [-0.2, -0.15) is 0 Å². The molecule has 0 saturated carbocycles. The molecule has 0 amide bonds. The first-order valence-electron chi connectivity index (χ1n) is 5.93. The number of rotatable bonds is 7. The van der Waals surface area contributed by atoms with Crippen molar-refractivity contribution in [3.05, 3.63) is 28.3 Å². The van der Waals surface area contributed by atoms with Crippen LogP contribution in [0.15, 0.2) is 18.2 Å². The van der Waals surface area contributed by atoms with Crippen LogP contribution in [-0.4, -0.2) is 24.1 Å². The predicted octanol–water partition coefficient (Wildman–Crippen LogP) is 2.14. The van der Waals surface area contributed by atoms with Gasteiger partial charge in [0.15, 0.2) is 5.75 Å². The number of anilines is 1. The molecule has 6 nitrogen and oxygen atoms in total. The monoisotopic (exact) mass is 253 g/mol. The van der Waals surface area contributed by atoms with Gasteiger partial charge in [0.1, 0.15) is 0 Å². The molecule has 0 heterocycles. The van der Waals surface area contributed by atoms with E-state index in [2.05, 4.69) is 5.32 Å². The molecular weight excluding hydrogens is 234 g/mol. The Morgan fingerprint density at radius 3 is 2.78 bits per heavy atom. The molecule has 0 aliphatic heterocycles. The van der Waals surface area contributed by atoms with Gasteiger partial charge in [-0.15, -0.1) is 0 Å². The van der Waals surface area contributed by atoms with Crippen LogP contribution in [0.25, 0.3) is 0 Å². The minimum absolute atomic E-state index is 0.0203. The lowest BCUT2D eigenvalue weighted by Gasteiger charge is -2.12. The number of benzene rings is 1. The Balaban J connectivity index is 2.87. The second-order valence-electron chi connectivity index (χ2n) is 4.18. The highest BCUT2D eigenvalue weighted by Gasteiger charge is 2.16. The van der Waals surface area contributed by atoms with Gasteiger partial charge in [0.2, 0.25) is 0 Å². The maximum absolute atomic E-state index is 10.9. The molecule has 0 bridgehead atoms. The molecule has 0 fully saturated rings. The van der Waals surface area contributed by atoms with Gasteiger partial charge in [0.25, 0.3) is 0 Å². The van der Waals surface area contributed by atoms with E-state index in [0.717, 1.165) is 18.7 Å². The number of hydrogen-bond acceptors (Lipinski definition) is 5. The molecule has 0 saturated heterocycles. The summed E-state index contributed by atoms with van der Waals surface area (Å²) in [6.45, 7) is 5.00. The molecule has 0 aliphatic carbocycles. The molecule has 0 atom stereocenters. The topological polar surface area (TPSA) is 90.4 Å². The number of nitrogens with two attached hydrogens (primary N) is 1. The summed E-state index contributed by atoms with van der Waals surface area (Å²) in [4.78, 5) is 10.4. The van der Waals surface area contributed by atoms with Crippen molar-refractivity contribution in [2.24, 2.45) is 5.73 Å². The Morgan fingerprint density at radius 2 is 2.22 bits per heavy atom. The lowest BCUT2D eigenvalue weighted by Crippen LogP contribution is -2.10. The lowest BCUT2D eigenvalue weighted by atomic mass is 10.2. The van der Waals surface area contributed by atoms with E-state index in [4.69, 9.17) is 10.5 Å². The molecule has 100 valence electrons. The van der Waals surface area contributed by atoms with Crippen molar-refractivity contribution in [2.45, 2.75) is 26.4 Å². The highest BCUT2D eigenvalue weighted by molar-refractivity contribution is 5.58. The number of nitrogens with zero attached hydrogens (tertiary/aromatic N) is 1. The average Bonchev–Trinajstić information content (AvgIpc) is 2.28. The predicted molar refractivity (Wildman–Crippen MR) is 71.0 cm³/mol. The van der Waals surface area contributed by atoms with Crippen molar-refractivity contribution >= 4 is 11.4 Å². The van der Waals surface area contributed by atoms with E-state index >= 15 is 0 Å². The Kier molecular flexibility index (Phi) is 5.38. The van der Waals surface area contributed by atoms with Crippen molar-refractivity contribution in [3.8, 4) is 5.75 Å². The molecule has 3 N–H and O–H groups in total. The molecule has 0 aromatic heterocycles. The van der Waals surface area contributed by atoms with E-state index in [1.165, 1.54) is 6.07 Å². The maximum Gasteiger partial charge on any atom is 0.311 e. The fraction of sp³-hybridized carbons (Fsp3) is 0.500. The summed E-state index contributed by atoms with van der Waals surface area (Å²) in [5.41, 5.74) is 6.17. The van der Waals surface area contributed by atoms with Crippen molar-refractivity contribution in [1.29, 1.82) is 0 Å². The molecule has 18 heavy (non-hydrogen) atoms. The molecule has 0 radical (unpaired) electrons. The summed E-state index contributed by atoms with van der Waals surface area (Å²) in [5.74, 6) is 0.285. The van der Waals surface area contributed by atoms with Gasteiger partial charge in [0, 0.05) is 24.4 Å². The van der Waals surface area contributed by atoms with Crippen molar-refractivity contribution in [3.63, 3.8) is 0 Å². The van der Waals surface area contributed by atoms with Gasteiger partial charge < -0.3 is 15.8 Å². The Labute approximate surface area is 106 Å². The van der Waals surface area contributed by atoms with Gasteiger partial charge in [-0.3, -0.25) is 10.1 Å². The highest BCUT2D eigenvalue weighted by Crippen LogP contribution is 2.30. The van der Waals surface area contributed by atoms with Crippen molar-refractivity contribution < 1.29 is 9.66 Å². The van der Waals surface area contributed by atoms with Crippen LogP contribution in [-0.2, 0) is 0 Å². The number of nitrogens with one attached hydrogen (secondary N) is 1. The number of nitro groups is 1. The fourth-order valence-electron chi connectivity index (χ4n) is 1.46. The van der Waals surface area contributed by atoms with Gasteiger partial charge in [0.05, 0.1) is 11.0 Å². The van der Waals surface area contributed by atoms with E-state index in [1.807, 2.05) is 13.8 Å². The third kappa shape index (κ3) is 4.21. The molecule has 0 aliphatic rings. The molecule has 1 aromatic carbocycles. The quantitative estimate of drug-likeness (QED) is 0.441. The molecule has 1 aromatic rings. The van der Waals surface area contributed by atoms with Crippen LogP contribution < -0.4 is 15.8 Å². The Morgan fingerprint density at radius 1 is 1.50 bits per heavy atom. The number of hydrogen-bond donors (Lipinski definition) is 2. The lowest BCUT2D eigenvalue weighted by molar-refractivity contribution is -0.386. The first-order chi connectivity index (χ1) is 8.54. The van der Waals surface area contributed by atoms with Crippen LogP contribution in [0.1, 0.15) is 20.3 Å². The van der Waals surface area contributed by atoms with Crippen LogP contribution in [0, 0.1) is 10.1 Å². The van der Waals surface area contributed by atoms with E-state index in [9.17, 15) is 10.1 Å². The molecule has 1 rings (SSSR count). The van der Waals surface area contributed by atoms with Crippen LogP contribution in [0.3, 0.4) is 0 Å². The molecule has 0 unspecified atom stereocenters.